The highest BCUT2D eigenvalue weighted by atomic mass is 19.3. The number of aromatic amines is 2. The van der Waals surface area contributed by atoms with Crippen molar-refractivity contribution in [1.29, 1.82) is 0 Å². The summed E-state index contributed by atoms with van der Waals surface area (Å²) in [7, 11) is 0. The number of H-pyrrole nitrogens is 2. The minimum atomic E-state index is -3.04. The predicted octanol–water partition coefficient (Wildman–Crippen LogP) is -0.0544. The number of hydrogen-bond acceptors (Lipinski definition) is 8. The molecule has 11 nitrogen and oxygen atoms in total. The van der Waals surface area contributed by atoms with E-state index in [0.29, 0.717) is 31.1 Å². The lowest BCUT2D eigenvalue weighted by Gasteiger charge is -2.27. The number of fused-ring (bicyclic) bond motifs is 1. The van der Waals surface area contributed by atoms with Gasteiger partial charge in [-0.15, -0.1) is 0 Å². The highest BCUT2D eigenvalue weighted by Gasteiger charge is 2.49. The number of aromatic nitrogens is 5. The molecular formula is C20H23F2N7O4. The largest absolute Gasteiger partial charge is 0.379 e. The van der Waals surface area contributed by atoms with Crippen molar-refractivity contribution in [1.82, 2.24) is 29.5 Å². The molecule has 3 aromatic heterocycles. The highest BCUT2D eigenvalue weighted by molar-refractivity contribution is 5.75. The van der Waals surface area contributed by atoms with Gasteiger partial charge < -0.3 is 19.4 Å². The summed E-state index contributed by atoms with van der Waals surface area (Å²) in [6.45, 7) is 3.03. The van der Waals surface area contributed by atoms with E-state index >= 15 is 0 Å². The molecule has 0 bridgehead atoms. The van der Waals surface area contributed by atoms with Crippen molar-refractivity contribution in [2.24, 2.45) is 0 Å². The number of morpholine rings is 1. The van der Waals surface area contributed by atoms with E-state index < -0.39 is 29.8 Å². The lowest BCUT2D eigenvalue weighted by Crippen LogP contribution is -2.40. The van der Waals surface area contributed by atoms with E-state index in [1.54, 1.807) is 12.3 Å². The number of rotatable bonds is 6. The molecule has 2 fully saturated rings. The van der Waals surface area contributed by atoms with Crippen LogP contribution in [0.15, 0.2) is 34.2 Å². The molecule has 0 amide bonds. The number of ether oxygens (including phenoxy) is 2. The van der Waals surface area contributed by atoms with Crippen LogP contribution in [0.1, 0.15) is 0 Å². The van der Waals surface area contributed by atoms with Crippen LogP contribution in [0.2, 0.25) is 0 Å². The van der Waals surface area contributed by atoms with Gasteiger partial charge >= 0.3 is 5.69 Å². The molecule has 0 saturated carbocycles. The van der Waals surface area contributed by atoms with Gasteiger partial charge in [0.05, 0.1) is 38.5 Å². The zero-order chi connectivity index (χ0) is 23.0. The quantitative estimate of drug-likeness (QED) is 0.522. The fourth-order valence-electron chi connectivity index (χ4n) is 4.12. The molecule has 1 unspecified atom stereocenters. The van der Waals surface area contributed by atoms with Crippen LogP contribution in [0.5, 0.6) is 0 Å². The van der Waals surface area contributed by atoms with Crippen molar-refractivity contribution in [3.05, 3.63) is 45.5 Å². The first-order valence-corrected chi connectivity index (χ1v) is 10.6. The highest BCUT2D eigenvalue weighted by Crippen LogP contribution is 2.34. The first-order valence-electron chi connectivity index (χ1n) is 10.6. The summed E-state index contributed by atoms with van der Waals surface area (Å²) >= 11 is 0. The molecule has 0 aromatic carbocycles. The summed E-state index contributed by atoms with van der Waals surface area (Å²) in [5.74, 6) is -2.73. The van der Waals surface area contributed by atoms with Crippen molar-refractivity contribution in [2.45, 2.75) is 12.0 Å². The lowest BCUT2D eigenvalue weighted by atomic mass is 10.2. The molecule has 33 heavy (non-hydrogen) atoms. The van der Waals surface area contributed by atoms with Crippen molar-refractivity contribution < 1.29 is 18.3 Å². The van der Waals surface area contributed by atoms with Crippen molar-refractivity contribution in [3.8, 4) is 11.3 Å². The normalized spacial score (nSPS) is 21.2. The van der Waals surface area contributed by atoms with Gasteiger partial charge in [0, 0.05) is 38.2 Å². The first-order chi connectivity index (χ1) is 15.9. The topological polar surface area (TPSA) is 121 Å². The second-order valence-corrected chi connectivity index (χ2v) is 8.05. The van der Waals surface area contributed by atoms with Crippen LogP contribution in [0.25, 0.3) is 16.8 Å². The molecule has 2 aliphatic heterocycles. The van der Waals surface area contributed by atoms with E-state index in [-0.39, 0.29) is 24.4 Å². The van der Waals surface area contributed by atoms with Gasteiger partial charge in [-0.3, -0.25) is 14.7 Å². The molecule has 0 aliphatic carbocycles. The number of alkyl halides is 2. The maximum Gasteiger partial charge on any atom is 0.325 e. The Morgan fingerprint density at radius 2 is 2.09 bits per heavy atom. The summed E-state index contributed by atoms with van der Waals surface area (Å²) in [5, 5.41) is 4.34. The fraction of sp³-hybridized carbons (Fsp3) is 0.500. The lowest BCUT2D eigenvalue weighted by molar-refractivity contribution is -0.109. The van der Waals surface area contributed by atoms with E-state index in [2.05, 4.69) is 25.0 Å². The number of nitrogens with one attached hydrogen (secondary N) is 2. The minimum Gasteiger partial charge on any atom is -0.379 e. The van der Waals surface area contributed by atoms with Gasteiger partial charge in [-0.1, -0.05) is 0 Å². The van der Waals surface area contributed by atoms with Gasteiger partial charge in [0.2, 0.25) is 0 Å². The van der Waals surface area contributed by atoms with Gasteiger partial charge in [0.1, 0.15) is 17.3 Å². The Balaban J connectivity index is 1.34. The SMILES string of the molecule is O=c1[nH]cc(-c2cc3c(N4CC(OCCN5CCOCC5)C(F)(F)C4)nccn3n2)c(=O)[nH]1. The summed E-state index contributed by atoms with van der Waals surface area (Å²) in [6.07, 6.45) is 3.02. The smallest absolute Gasteiger partial charge is 0.325 e. The molecule has 2 N–H and O–H groups in total. The Kier molecular flexibility index (Phi) is 5.68. The first kappa shape index (κ1) is 21.7. The van der Waals surface area contributed by atoms with Crippen LogP contribution < -0.4 is 16.1 Å². The number of halogens is 2. The van der Waals surface area contributed by atoms with Gasteiger partial charge in [0.15, 0.2) is 5.82 Å². The molecule has 1 atom stereocenters. The van der Waals surface area contributed by atoms with E-state index in [9.17, 15) is 18.4 Å². The Morgan fingerprint density at radius 3 is 2.88 bits per heavy atom. The minimum absolute atomic E-state index is 0.0253. The molecule has 13 heteroatoms. The summed E-state index contributed by atoms with van der Waals surface area (Å²) in [5.41, 5.74) is -0.332. The van der Waals surface area contributed by atoms with Crippen LogP contribution in [0, 0.1) is 0 Å². The molecule has 2 saturated heterocycles. The zero-order valence-electron chi connectivity index (χ0n) is 17.7. The van der Waals surface area contributed by atoms with Crippen LogP contribution in [0.4, 0.5) is 14.6 Å². The van der Waals surface area contributed by atoms with Gasteiger partial charge in [-0.05, 0) is 6.07 Å². The van der Waals surface area contributed by atoms with Crippen LogP contribution in [0.3, 0.4) is 0 Å². The molecule has 2 aliphatic rings. The Hall–Kier alpha value is -3.16. The molecule has 3 aromatic rings. The van der Waals surface area contributed by atoms with Crippen LogP contribution in [-0.4, -0.2) is 94.0 Å². The molecule has 176 valence electrons. The summed E-state index contributed by atoms with van der Waals surface area (Å²) < 4.78 is 41.8. The average molecular weight is 463 g/mol. The van der Waals surface area contributed by atoms with Crippen molar-refractivity contribution in [2.75, 3.05) is 57.4 Å². The van der Waals surface area contributed by atoms with Crippen molar-refractivity contribution in [3.63, 3.8) is 0 Å². The van der Waals surface area contributed by atoms with Gasteiger partial charge in [-0.25, -0.2) is 23.1 Å². The monoisotopic (exact) mass is 463 g/mol. The standard InChI is InChI=1S/C20H23F2N7O4/c21-20(22)12-28(11-16(20)33-8-5-27-3-6-32-7-4-27)17-15-9-14(26-29(15)2-1-23-17)13-10-24-19(31)25-18(13)30/h1-2,9-10,16H,3-8,11-12H2,(H2,24,25,30,31). The maximum atomic E-state index is 14.7. The van der Waals surface area contributed by atoms with E-state index in [0.717, 1.165) is 13.1 Å². The Bertz CT molecular complexity index is 1250. The Morgan fingerprint density at radius 1 is 1.27 bits per heavy atom. The van der Waals surface area contributed by atoms with Crippen LogP contribution in [-0.2, 0) is 9.47 Å². The van der Waals surface area contributed by atoms with E-state index in [4.69, 9.17) is 9.47 Å². The zero-order valence-corrected chi connectivity index (χ0v) is 17.7. The van der Waals surface area contributed by atoms with Gasteiger partial charge in [-0.2, -0.15) is 5.10 Å². The molecule has 5 rings (SSSR count). The number of hydrogen-bond donors (Lipinski definition) is 2. The third kappa shape index (κ3) is 4.38. The molecule has 5 heterocycles. The fourth-order valence-corrected chi connectivity index (χ4v) is 4.12. The second-order valence-electron chi connectivity index (χ2n) is 8.05. The second kappa shape index (κ2) is 8.65. The van der Waals surface area contributed by atoms with Crippen molar-refractivity contribution >= 4 is 11.3 Å². The van der Waals surface area contributed by atoms with E-state index in [1.807, 2.05) is 0 Å². The predicted molar refractivity (Wildman–Crippen MR) is 114 cm³/mol. The average Bonchev–Trinajstić information content (AvgIpc) is 3.34. The molecular weight excluding hydrogens is 440 g/mol. The third-order valence-corrected chi connectivity index (χ3v) is 5.85. The Labute approximate surface area is 185 Å². The van der Waals surface area contributed by atoms with Gasteiger partial charge in [0.25, 0.3) is 11.5 Å². The van der Waals surface area contributed by atoms with Crippen LogP contribution >= 0.6 is 0 Å². The third-order valence-electron chi connectivity index (χ3n) is 5.85. The molecule has 0 radical (unpaired) electrons. The molecule has 0 spiro atoms. The number of anilines is 1. The summed E-state index contributed by atoms with van der Waals surface area (Å²) in [4.78, 5) is 35.8. The maximum absolute atomic E-state index is 14.7. The van der Waals surface area contributed by atoms with E-state index in [1.165, 1.54) is 21.8 Å². The summed E-state index contributed by atoms with van der Waals surface area (Å²) in [6, 6.07) is 1.58. The number of nitrogens with zero attached hydrogens (tertiary/aromatic N) is 5.